The average Bonchev–Trinajstić information content (AvgIpc) is 0. The van der Waals surface area contributed by atoms with Gasteiger partial charge in [0.25, 0.3) is 0 Å². The molecule has 0 fully saturated rings. The molecular weight excluding hydrogens is 144 g/mol. The Kier molecular flexibility index (Phi) is 90.5. The van der Waals surface area contributed by atoms with Gasteiger partial charge in [0.05, 0.1) is 0 Å². The fraction of sp³-hybridized carbons (Fsp3) is 0. The van der Waals surface area contributed by atoms with Crippen LogP contribution in [0.25, 0.3) is 0 Å². The third-order valence-corrected chi connectivity index (χ3v) is 0. The third kappa shape index (κ3) is 10.0. The maximum absolute atomic E-state index is 0. The zero-order valence-corrected chi connectivity index (χ0v) is 0. The smallest absolute Gasteiger partial charge is 0.316 e. The van der Waals surface area contributed by atoms with E-state index in [0.717, 1.165) is 0 Å². The predicted octanol–water partition coefficient (Wildman–Crippen LogP) is -3.40. The Balaban J connectivity index is 0. The molecule has 0 saturated heterocycles. The third-order valence-electron chi connectivity index (χ3n) is 0. The molecule has 14 valence electrons. The van der Waals surface area contributed by atoms with Gasteiger partial charge in [-0.3, -0.25) is 0 Å². The normalized spacial score (nSPS) is 0. The molecule has 0 amide bonds. The average molecular weight is 151 g/mol. The van der Waals surface area contributed by atoms with Gasteiger partial charge in [-0.1, -0.05) is 0 Å². The van der Waals surface area contributed by atoms with Crippen LogP contribution in [0, 0.1) is 0 Å². The summed E-state index contributed by atoms with van der Waals surface area (Å²) in [7, 11) is 0. The van der Waals surface area contributed by atoms with Gasteiger partial charge in [0, 0.05) is 0 Å². The van der Waals surface area contributed by atoms with Crippen molar-refractivity contribution in [3.05, 3.63) is 0 Å². The molecule has 0 aromatic rings. The second-order valence-corrected chi connectivity index (χ2v) is 0. The van der Waals surface area contributed by atoms with Crippen LogP contribution in [0.5, 0.6) is 0 Å². The minimum absolute atomic E-state index is 0. The summed E-state index contributed by atoms with van der Waals surface area (Å²) in [5, 5.41) is 0. The van der Waals surface area contributed by atoms with Gasteiger partial charge < -0.3 is 0 Å². The van der Waals surface area contributed by atoms with E-state index in [1.807, 2.05) is 0 Å². The molecule has 4 heavy (non-hydrogen) atoms. The van der Waals surface area contributed by atoms with E-state index in [2.05, 4.69) is 0 Å². The van der Waals surface area contributed by atoms with Crippen molar-refractivity contribution < 1.29 is 0 Å². The number of rotatable bonds is 0. The van der Waals surface area contributed by atoms with Gasteiger partial charge in [0.15, 0.2) is 0 Å². The maximum Gasteiger partial charge on any atom is 0.316 e. The van der Waals surface area contributed by atoms with Crippen molar-refractivity contribution in [1.29, 1.82) is 0 Å². The monoisotopic (exact) mass is 150 g/mol. The van der Waals surface area contributed by atoms with Crippen LogP contribution in [0.2, 0.25) is 0 Å². The van der Waals surface area contributed by atoms with Crippen molar-refractivity contribution >= 4 is 150 Å². The summed E-state index contributed by atoms with van der Waals surface area (Å²) in [5.41, 5.74) is 0. The number of hydrogen-bond donors (Lipinski definition) is 0. The van der Waals surface area contributed by atoms with E-state index in [9.17, 15) is 0 Å². The van der Waals surface area contributed by atoms with Crippen molar-refractivity contribution in [3.8, 4) is 0 Å². The van der Waals surface area contributed by atoms with Crippen LogP contribution in [0.15, 0.2) is 0 Å². The van der Waals surface area contributed by atoms with Gasteiger partial charge in [-0.05, 0) is 0 Å². The first-order chi connectivity index (χ1) is 0. The van der Waals surface area contributed by atoms with E-state index < -0.39 is 0 Å². The Bertz CT molecular complexity index is 6.00. The molecule has 0 saturated carbocycles. The molecular formula is H7Ca2KMg. The second kappa shape index (κ2) is 15.7. The number of hydrogen-bond acceptors (Lipinski definition) is 0. The molecule has 0 heterocycles. The van der Waals surface area contributed by atoms with Crippen molar-refractivity contribution in [2.75, 3.05) is 0 Å². The fourth-order valence-electron chi connectivity index (χ4n) is 0. The molecule has 0 bridgehead atoms. The van der Waals surface area contributed by atoms with Crippen LogP contribution in [-0.2, 0) is 0 Å². The van der Waals surface area contributed by atoms with Crippen molar-refractivity contribution in [2.45, 2.75) is 0 Å². The Labute approximate surface area is 145 Å². The fourth-order valence-corrected chi connectivity index (χ4v) is 0. The standard InChI is InChI=1S/2Ca.K.Mg.7H. The molecule has 0 atom stereocenters. The molecule has 0 aliphatic rings. The molecule has 0 radical (unpaired) electrons. The molecule has 0 unspecified atom stereocenters. The summed E-state index contributed by atoms with van der Waals surface area (Å²) in [6.07, 6.45) is 0. The quantitative estimate of drug-likeness (QED) is 0.316. The first-order valence-corrected chi connectivity index (χ1v) is 0. The van der Waals surface area contributed by atoms with E-state index >= 15 is 0 Å². The van der Waals surface area contributed by atoms with Gasteiger partial charge in [0.1, 0.15) is 0 Å². The summed E-state index contributed by atoms with van der Waals surface area (Å²) in [5.74, 6) is 0. The molecule has 4 heteroatoms. The molecule has 0 rings (SSSR count). The van der Waals surface area contributed by atoms with Crippen molar-refractivity contribution in [2.24, 2.45) is 0 Å². The zero-order chi connectivity index (χ0) is 0. The first-order valence-electron chi connectivity index (χ1n) is 0. The van der Waals surface area contributed by atoms with E-state index in [-0.39, 0.29) is 150 Å². The van der Waals surface area contributed by atoms with Gasteiger partial charge in [-0.25, -0.2) is 0 Å². The Morgan fingerprint density at radius 2 is 0.750 bits per heavy atom. The van der Waals surface area contributed by atoms with Crippen molar-refractivity contribution in [3.63, 3.8) is 0 Å². The molecule has 0 aliphatic heterocycles. The van der Waals surface area contributed by atoms with Gasteiger partial charge in [-0.2, -0.15) is 0 Å². The molecule has 0 aromatic heterocycles. The summed E-state index contributed by atoms with van der Waals surface area (Å²) in [4.78, 5) is 0. The minimum atomic E-state index is 0. The van der Waals surface area contributed by atoms with Crippen LogP contribution >= 0.6 is 0 Å². The molecule has 0 N–H and O–H groups in total. The van der Waals surface area contributed by atoms with E-state index in [1.165, 1.54) is 0 Å². The Hall–Kier alpha value is 4.92. The van der Waals surface area contributed by atoms with E-state index in [4.69, 9.17) is 0 Å². The SMILES string of the molecule is [CaH2].[CaH2].[KH].[MgH2]. The topological polar surface area (TPSA) is 0 Å². The molecule has 0 spiro atoms. The van der Waals surface area contributed by atoms with E-state index in [0.29, 0.717) is 0 Å². The maximum atomic E-state index is 0. The largest absolute Gasteiger partial charge is 0.316 e. The van der Waals surface area contributed by atoms with Gasteiger partial charge in [-0.15, -0.1) is 0 Å². The molecule has 0 nitrogen and oxygen atoms in total. The zero-order valence-electron chi connectivity index (χ0n) is 0. The van der Waals surface area contributed by atoms with Crippen LogP contribution in [0.1, 0.15) is 0 Å². The van der Waals surface area contributed by atoms with Crippen LogP contribution < -0.4 is 0 Å². The van der Waals surface area contributed by atoms with Crippen LogP contribution in [-0.4, -0.2) is 150 Å². The summed E-state index contributed by atoms with van der Waals surface area (Å²) in [6.45, 7) is 0. The van der Waals surface area contributed by atoms with Crippen LogP contribution in [0.4, 0.5) is 0 Å². The van der Waals surface area contributed by atoms with Gasteiger partial charge in [0.2, 0.25) is 0 Å². The summed E-state index contributed by atoms with van der Waals surface area (Å²) in [6, 6.07) is 0. The second-order valence-electron chi connectivity index (χ2n) is 0. The molecule has 0 aromatic carbocycles. The Morgan fingerprint density at radius 1 is 0.750 bits per heavy atom. The van der Waals surface area contributed by atoms with Gasteiger partial charge >= 0.3 is 150 Å². The predicted molar refractivity (Wildman–Crippen MR) is 32.8 cm³/mol. The van der Waals surface area contributed by atoms with Crippen LogP contribution in [0.3, 0.4) is 0 Å². The Morgan fingerprint density at radius 3 is 0.750 bits per heavy atom. The minimum Gasteiger partial charge on any atom is 0.316 e. The summed E-state index contributed by atoms with van der Waals surface area (Å²) < 4.78 is 0. The first kappa shape index (κ1) is 23.1. The van der Waals surface area contributed by atoms with E-state index in [1.54, 1.807) is 0 Å². The summed E-state index contributed by atoms with van der Waals surface area (Å²) >= 11 is 0. The molecule has 0 aliphatic carbocycles. The van der Waals surface area contributed by atoms with Crippen molar-refractivity contribution in [1.82, 2.24) is 0 Å².